The molecular weight excluding hydrogens is 393 g/mol. The van der Waals surface area contributed by atoms with E-state index in [0.717, 1.165) is 24.5 Å². The summed E-state index contributed by atoms with van der Waals surface area (Å²) in [6.07, 6.45) is 0.0783. The molecule has 0 N–H and O–H groups in total. The highest BCUT2D eigenvalue weighted by atomic mass is 19.4. The Labute approximate surface area is 171 Å². The fraction of sp³-hybridized carbons (Fsp3) is 0.217. The number of benzene rings is 2. The summed E-state index contributed by atoms with van der Waals surface area (Å²) in [7, 11) is 0. The largest absolute Gasteiger partial charge is 0.457 e. The molecule has 0 radical (unpaired) electrons. The first kappa shape index (κ1) is 19.9. The number of halogens is 3. The van der Waals surface area contributed by atoms with Gasteiger partial charge in [-0.25, -0.2) is 0 Å². The zero-order chi connectivity index (χ0) is 21.1. The Hall–Kier alpha value is -3.35. The van der Waals surface area contributed by atoms with Crippen LogP contribution in [0.4, 0.5) is 18.9 Å². The number of amides is 1. The molecule has 1 aliphatic carbocycles. The van der Waals surface area contributed by atoms with Crippen LogP contribution in [0.1, 0.15) is 24.0 Å². The number of carbonyl (C=O) groups excluding carboxylic acids is 1. The average molecular weight is 412 g/mol. The fourth-order valence-electron chi connectivity index (χ4n) is 3.13. The number of hydrogen-bond donors (Lipinski definition) is 0. The second-order valence-electron chi connectivity index (χ2n) is 7.15. The van der Waals surface area contributed by atoms with Crippen LogP contribution < -0.4 is 9.64 Å². The van der Waals surface area contributed by atoms with Crippen LogP contribution in [-0.2, 0) is 17.5 Å². The van der Waals surface area contributed by atoms with Crippen LogP contribution in [0.15, 0.2) is 73.1 Å². The molecule has 1 fully saturated rings. The molecule has 2 aromatic carbocycles. The summed E-state index contributed by atoms with van der Waals surface area (Å²) in [6, 6.07) is 15.5. The summed E-state index contributed by atoms with van der Waals surface area (Å²) < 4.78 is 46.9. The van der Waals surface area contributed by atoms with Gasteiger partial charge in [-0.15, -0.1) is 0 Å². The van der Waals surface area contributed by atoms with E-state index in [1.807, 2.05) is 0 Å². The molecule has 0 saturated heterocycles. The lowest BCUT2D eigenvalue weighted by atomic mass is 10.1. The smallest absolute Gasteiger partial charge is 0.420 e. The summed E-state index contributed by atoms with van der Waals surface area (Å²) in [5.74, 6) is -0.324. The van der Waals surface area contributed by atoms with Gasteiger partial charge in [0.05, 0.1) is 6.54 Å². The second kappa shape index (κ2) is 8.18. The molecule has 0 bridgehead atoms. The number of alkyl halides is 3. The van der Waals surface area contributed by atoms with Gasteiger partial charge < -0.3 is 9.64 Å². The second-order valence-corrected chi connectivity index (χ2v) is 7.15. The molecule has 4 rings (SSSR count). The van der Waals surface area contributed by atoms with Crippen molar-refractivity contribution in [1.82, 2.24) is 4.98 Å². The minimum Gasteiger partial charge on any atom is -0.457 e. The maximum Gasteiger partial charge on any atom is 0.420 e. The van der Waals surface area contributed by atoms with Gasteiger partial charge in [-0.05, 0) is 54.8 Å². The average Bonchev–Trinajstić information content (AvgIpc) is 3.58. The number of para-hydroxylation sites is 1. The summed E-state index contributed by atoms with van der Waals surface area (Å²) in [5.41, 5.74) is -0.00297. The molecule has 0 unspecified atom stereocenters. The Kier molecular flexibility index (Phi) is 5.44. The molecule has 7 heteroatoms. The standard InChI is InChI=1S/C23H19F3N2O2/c24-23(25,26)20-13-18(10-11-21(20)30-19-6-2-1-3-7-19)28(22(29)17-8-9-17)15-16-5-4-12-27-14-16/h1-7,10-14,17H,8-9,15H2. The number of anilines is 1. The van der Waals surface area contributed by atoms with Crippen molar-refractivity contribution in [3.63, 3.8) is 0 Å². The number of rotatable bonds is 6. The quantitative estimate of drug-likeness (QED) is 0.511. The highest BCUT2D eigenvalue weighted by Gasteiger charge is 2.38. The summed E-state index contributed by atoms with van der Waals surface area (Å²) >= 11 is 0. The maximum atomic E-state index is 13.8. The number of nitrogens with zero attached hydrogens (tertiary/aromatic N) is 2. The zero-order valence-corrected chi connectivity index (χ0v) is 16.0. The SMILES string of the molecule is O=C(C1CC1)N(Cc1cccnc1)c1ccc(Oc2ccccc2)c(C(F)(F)F)c1. The van der Waals surface area contributed by atoms with Crippen LogP contribution >= 0.6 is 0 Å². The van der Waals surface area contributed by atoms with Crippen LogP contribution in [0.3, 0.4) is 0 Å². The molecule has 1 saturated carbocycles. The number of ether oxygens (including phenoxy) is 1. The molecule has 0 spiro atoms. The van der Waals surface area contributed by atoms with Crippen molar-refractivity contribution in [2.75, 3.05) is 4.90 Å². The first-order chi connectivity index (χ1) is 14.4. The summed E-state index contributed by atoms with van der Waals surface area (Å²) in [5, 5.41) is 0. The van der Waals surface area contributed by atoms with Crippen LogP contribution in [0, 0.1) is 5.92 Å². The van der Waals surface area contributed by atoms with Gasteiger partial charge in [0.1, 0.15) is 17.1 Å². The van der Waals surface area contributed by atoms with E-state index in [1.165, 1.54) is 17.0 Å². The van der Waals surface area contributed by atoms with E-state index in [-0.39, 0.29) is 29.8 Å². The molecule has 30 heavy (non-hydrogen) atoms. The van der Waals surface area contributed by atoms with E-state index in [9.17, 15) is 18.0 Å². The van der Waals surface area contributed by atoms with Crippen LogP contribution in [0.5, 0.6) is 11.5 Å². The lowest BCUT2D eigenvalue weighted by Crippen LogP contribution is -2.32. The number of aromatic nitrogens is 1. The van der Waals surface area contributed by atoms with Gasteiger partial charge in [0.2, 0.25) is 5.91 Å². The van der Waals surface area contributed by atoms with Gasteiger partial charge in [-0.2, -0.15) is 13.2 Å². The van der Waals surface area contributed by atoms with E-state index < -0.39 is 11.7 Å². The molecular formula is C23H19F3N2O2. The van der Waals surface area contributed by atoms with E-state index in [4.69, 9.17) is 4.74 Å². The molecule has 0 atom stereocenters. The van der Waals surface area contributed by atoms with E-state index in [0.29, 0.717) is 5.75 Å². The van der Waals surface area contributed by atoms with E-state index in [2.05, 4.69) is 4.98 Å². The molecule has 1 aromatic heterocycles. The molecule has 154 valence electrons. The van der Waals surface area contributed by atoms with Gasteiger partial charge in [-0.1, -0.05) is 24.3 Å². The predicted molar refractivity (Wildman–Crippen MR) is 106 cm³/mol. The third kappa shape index (κ3) is 4.62. The summed E-state index contributed by atoms with van der Waals surface area (Å²) in [4.78, 5) is 18.3. The molecule has 1 amide bonds. The Morgan fingerprint density at radius 2 is 1.83 bits per heavy atom. The maximum absolute atomic E-state index is 13.8. The van der Waals surface area contributed by atoms with E-state index >= 15 is 0 Å². The third-order valence-electron chi connectivity index (χ3n) is 4.81. The highest BCUT2D eigenvalue weighted by Crippen LogP contribution is 2.41. The highest BCUT2D eigenvalue weighted by molar-refractivity contribution is 5.96. The number of pyridine rings is 1. The van der Waals surface area contributed by atoms with Gasteiger partial charge in [-0.3, -0.25) is 9.78 Å². The zero-order valence-electron chi connectivity index (χ0n) is 16.0. The third-order valence-corrected chi connectivity index (χ3v) is 4.81. The van der Waals surface area contributed by atoms with Crippen molar-refractivity contribution in [2.24, 2.45) is 5.92 Å². The number of carbonyl (C=O) groups is 1. The molecule has 1 heterocycles. The van der Waals surface area contributed by atoms with Crippen LogP contribution in [-0.4, -0.2) is 10.9 Å². The Morgan fingerprint density at radius 1 is 1.07 bits per heavy atom. The van der Waals surface area contributed by atoms with Crippen molar-refractivity contribution < 1.29 is 22.7 Å². The van der Waals surface area contributed by atoms with Crippen molar-refractivity contribution >= 4 is 11.6 Å². The fourth-order valence-corrected chi connectivity index (χ4v) is 3.13. The first-order valence-corrected chi connectivity index (χ1v) is 9.56. The minimum absolute atomic E-state index is 0.142. The molecule has 4 nitrogen and oxygen atoms in total. The van der Waals surface area contributed by atoms with Gasteiger partial charge in [0.25, 0.3) is 0 Å². The monoisotopic (exact) mass is 412 g/mol. The molecule has 1 aliphatic rings. The predicted octanol–water partition coefficient (Wildman–Crippen LogP) is 5.84. The molecule has 0 aliphatic heterocycles. The summed E-state index contributed by atoms with van der Waals surface area (Å²) in [6.45, 7) is 0.152. The minimum atomic E-state index is -4.64. The Bertz CT molecular complexity index is 1020. The van der Waals surface area contributed by atoms with Crippen LogP contribution in [0.25, 0.3) is 0 Å². The van der Waals surface area contributed by atoms with Crippen molar-refractivity contribution in [3.05, 3.63) is 84.2 Å². The Balaban J connectivity index is 1.70. The van der Waals surface area contributed by atoms with Gasteiger partial charge >= 0.3 is 6.18 Å². The lowest BCUT2D eigenvalue weighted by molar-refractivity contribution is -0.138. The van der Waals surface area contributed by atoms with Gasteiger partial charge in [0, 0.05) is 24.0 Å². The van der Waals surface area contributed by atoms with E-state index in [1.54, 1.807) is 54.9 Å². The van der Waals surface area contributed by atoms with Crippen LogP contribution in [0.2, 0.25) is 0 Å². The van der Waals surface area contributed by atoms with Crippen molar-refractivity contribution in [1.29, 1.82) is 0 Å². The number of hydrogen-bond acceptors (Lipinski definition) is 3. The first-order valence-electron chi connectivity index (χ1n) is 9.56. The van der Waals surface area contributed by atoms with Crippen molar-refractivity contribution in [2.45, 2.75) is 25.6 Å². The van der Waals surface area contributed by atoms with Crippen molar-refractivity contribution in [3.8, 4) is 11.5 Å². The lowest BCUT2D eigenvalue weighted by Gasteiger charge is -2.25. The Morgan fingerprint density at radius 3 is 2.47 bits per heavy atom. The topological polar surface area (TPSA) is 42.4 Å². The van der Waals surface area contributed by atoms with Gasteiger partial charge in [0.15, 0.2) is 0 Å². The normalized spacial score (nSPS) is 13.7. The molecule has 3 aromatic rings.